The number of carboxylic acid groups (broad SMARTS) is 1. The summed E-state index contributed by atoms with van der Waals surface area (Å²) in [5.41, 5.74) is 2.08. The Balaban J connectivity index is 1.81. The van der Waals surface area contributed by atoms with Crippen molar-refractivity contribution in [3.05, 3.63) is 64.6 Å². The zero-order valence-corrected chi connectivity index (χ0v) is 18.2. The number of aromatic nitrogens is 2. The van der Waals surface area contributed by atoms with Gasteiger partial charge in [0, 0.05) is 37.7 Å². The van der Waals surface area contributed by atoms with Crippen LogP contribution in [0.5, 0.6) is 0 Å². The number of benzene rings is 2. The third-order valence-corrected chi connectivity index (χ3v) is 5.79. The van der Waals surface area contributed by atoms with E-state index >= 15 is 0 Å². The number of carboxylic acids is 1. The highest BCUT2D eigenvalue weighted by atomic mass is 19.3. The minimum atomic E-state index is -2.75. The summed E-state index contributed by atoms with van der Waals surface area (Å²) in [5.74, 6) is -3.61. The fourth-order valence-electron chi connectivity index (χ4n) is 4.00. The van der Waals surface area contributed by atoms with E-state index in [-0.39, 0.29) is 48.7 Å². The van der Waals surface area contributed by atoms with Gasteiger partial charge in [0.25, 0.3) is 5.92 Å². The second-order valence-corrected chi connectivity index (χ2v) is 8.08. The number of nitriles is 1. The van der Waals surface area contributed by atoms with Crippen molar-refractivity contribution < 1.29 is 18.7 Å². The molecule has 4 rings (SSSR count). The Morgan fingerprint density at radius 3 is 2.65 bits per heavy atom. The smallest absolute Gasteiger partial charge is 0.337 e. The summed E-state index contributed by atoms with van der Waals surface area (Å²) >= 11 is 0. The van der Waals surface area contributed by atoms with Crippen molar-refractivity contribution in [2.24, 2.45) is 0 Å². The van der Waals surface area contributed by atoms with E-state index in [1.165, 1.54) is 12.1 Å². The lowest BCUT2D eigenvalue weighted by Crippen LogP contribution is -2.40. The van der Waals surface area contributed by atoms with Gasteiger partial charge in [-0.15, -0.1) is 0 Å². The van der Waals surface area contributed by atoms with Gasteiger partial charge in [-0.1, -0.05) is 12.1 Å². The minimum absolute atomic E-state index is 0.00244. The number of nitrogens with zero attached hydrogens (tertiary/aromatic N) is 5. The van der Waals surface area contributed by atoms with Crippen LogP contribution in [-0.4, -0.2) is 40.1 Å². The van der Waals surface area contributed by atoms with E-state index < -0.39 is 17.9 Å². The normalized spacial score (nSPS) is 15.9. The van der Waals surface area contributed by atoms with E-state index in [0.29, 0.717) is 22.3 Å². The molecular formula is C24H20F2N6O2. The summed E-state index contributed by atoms with van der Waals surface area (Å²) in [6, 6.07) is 11.1. The molecule has 0 aliphatic carbocycles. The van der Waals surface area contributed by atoms with Crippen molar-refractivity contribution in [2.45, 2.75) is 31.7 Å². The van der Waals surface area contributed by atoms with Crippen LogP contribution in [0.2, 0.25) is 0 Å². The predicted molar refractivity (Wildman–Crippen MR) is 122 cm³/mol. The van der Waals surface area contributed by atoms with Crippen LogP contribution in [0.25, 0.3) is 15.9 Å². The van der Waals surface area contributed by atoms with Gasteiger partial charge >= 0.3 is 5.97 Å². The number of hydrogen-bond acceptors (Lipinski definition) is 6. The molecule has 0 radical (unpaired) electrons. The molecule has 0 bridgehead atoms. The largest absolute Gasteiger partial charge is 0.478 e. The van der Waals surface area contributed by atoms with Crippen LogP contribution < -0.4 is 10.2 Å². The van der Waals surface area contributed by atoms with Crippen LogP contribution in [-0.2, 0) is 0 Å². The number of alkyl halides is 2. The molecule has 2 heterocycles. The molecule has 2 aromatic carbocycles. The highest BCUT2D eigenvalue weighted by Crippen LogP contribution is 2.35. The first-order chi connectivity index (χ1) is 16.2. The van der Waals surface area contributed by atoms with Gasteiger partial charge in [0.15, 0.2) is 17.2 Å². The first kappa shape index (κ1) is 22.9. The maximum absolute atomic E-state index is 13.7. The lowest BCUT2D eigenvalue weighted by atomic mass is 10.0. The van der Waals surface area contributed by atoms with Crippen LogP contribution in [0.3, 0.4) is 0 Å². The van der Waals surface area contributed by atoms with E-state index in [9.17, 15) is 23.9 Å². The third kappa shape index (κ3) is 4.44. The number of para-hydroxylation sites is 1. The van der Waals surface area contributed by atoms with Gasteiger partial charge in [-0.25, -0.2) is 28.4 Å². The molecule has 10 heteroatoms. The van der Waals surface area contributed by atoms with E-state index in [0.717, 1.165) is 0 Å². The van der Waals surface area contributed by atoms with Gasteiger partial charge in [0.2, 0.25) is 0 Å². The molecule has 1 saturated heterocycles. The number of aromatic carboxylic acids is 1. The van der Waals surface area contributed by atoms with Gasteiger partial charge < -0.3 is 15.3 Å². The fraction of sp³-hybridized carbons (Fsp3) is 0.292. The summed E-state index contributed by atoms with van der Waals surface area (Å²) in [7, 11) is 0. The standard InChI is InChI=1S/C24H20F2N6O2/c1-14(29-18-6-4-3-5-16(18)23(33)34)17-11-15(28-2)12-19-21(17)31-22(20(13-27)30-19)32-9-7-24(25,26)8-10-32/h3-6,11-12,14,29H,7-10H2,1H3,(H,33,34)/t14-/m1/s1. The second kappa shape index (κ2) is 8.91. The molecule has 0 saturated carbocycles. The molecule has 3 aromatic rings. The lowest BCUT2D eigenvalue weighted by Gasteiger charge is -2.33. The molecule has 1 aliphatic rings. The molecular weight excluding hydrogens is 442 g/mol. The topological polar surface area (TPSA) is 106 Å². The van der Waals surface area contributed by atoms with Crippen molar-refractivity contribution >= 4 is 34.2 Å². The molecule has 1 aromatic heterocycles. The van der Waals surface area contributed by atoms with Crippen molar-refractivity contribution in [1.82, 2.24) is 9.97 Å². The molecule has 1 atom stereocenters. The third-order valence-electron chi connectivity index (χ3n) is 5.79. The summed E-state index contributed by atoms with van der Waals surface area (Å²) in [4.78, 5) is 25.8. The maximum atomic E-state index is 13.7. The number of rotatable bonds is 5. The predicted octanol–water partition coefficient (Wildman–Crippen LogP) is 5.16. The van der Waals surface area contributed by atoms with Crippen LogP contribution in [0.1, 0.15) is 47.4 Å². The van der Waals surface area contributed by atoms with E-state index in [4.69, 9.17) is 6.57 Å². The first-order valence-electron chi connectivity index (χ1n) is 10.6. The zero-order valence-electron chi connectivity index (χ0n) is 18.2. The van der Waals surface area contributed by atoms with Crippen molar-refractivity contribution in [3.63, 3.8) is 0 Å². The quantitative estimate of drug-likeness (QED) is 0.505. The number of piperidine rings is 1. The van der Waals surface area contributed by atoms with Crippen molar-refractivity contribution in [3.8, 4) is 6.07 Å². The Kier molecular flexibility index (Phi) is 5.99. The molecule has 0 spiro atoms. The number of halogens is 2. The van der Waals surface area contributed by atoms with Crippen LogP contribution in [0.15, 0.2) is 36.4 Å². The van der Waals surface area contributed by atoms with Gasteiger partial charge in [-0.05, 0) is 36.8 Å². The van der Waals surface area contributed by atoms with Gasteiger partial charge in [0.1, 0.15) is 6.07 Å². The monoisotopic (exact) mass is 462 g/mol. The van der Waals surface area contributed by atoms with Gasteiger partial charge in [-0.3, -0.25) is 0 Å². The molecule has 0 unspecified atom stereocenters. The van der Waals surface area contributed by atoms with Crippen LogP contribution >= 0.6 is 0 Å². The van der Waals surface area contributed by atoms with Gasteiger partial charge in [-0.2, -0.15) is 5.26 Å². The molecule has 0 amide bonds. The summed E-state index contributed by atoms with van der Waals surface area (Å²) in [6.45, 7) is 9.31. The number of carbonyl (C=O) groups is 1. The van der Waals surface area contributed by atoms with Crippen molar-refractivity contribution in [2.75, 3.05) is 23.3 Å². The summed E-state index contributed by atoms with van der Waals surface area (Å²) in [5, 5.41) is 22.3. The minimum Gasteiger partial charge on any atom is -0.478 e. The number of fused-ring (bicyclic) bond motifs is 1. The molecule has 2 N–H and O–H groups in total. The number of hydrogen-bond donors (Lipinski definition) is 2. The van der Waals surface area contributed by atoms with Gasteiger partial charge in [0.05, 0.1) is 23.2 Å². The molecule has 34 heavy (non-hydrogen) atoms. The van der Waals surface area contributed by atoms with E-state index in [2.05, 4.69) is 20.1 Å². The molecule has 1 aliphatic heterocycles. The van der Waals surface area contributed by atoms with E-state index in [1.54, 1.807) is 36.1 Å². The Bertz CT molecular complexity index is 1350. The van der Waals surface area contributed by atoms with Crippen molar-refractivity contribution in [1.29, 1.82) is 5.26 Å². The van der Waals surface area contributed by atoms with Crippen LogP contribution in [0, 0.1) is 17.9 Å². The second-order valence-electron chi connectivity index (χ2n) is 8.08. The van der Waals surface area contributed by atoms with Crippen LogP contribution in [0.4, 0.5) is 26.0 Å². The van der Waals surface area contributed by atoms with E-state index in [1.807, 2.05) is 6.07 Å². The lowest BCUT2D eigenvalue weighted by molar-refractivity contribution is -0.0221. The molecule has 8 nitrogen and oxygen atoms in total. The zero-order chi connectivity index (χ0) is 24.5. The molecule has 172 valence electrons. The Morgan fingerprint density at radius 1 is 1.29 bits per heavy atom. The first-order valence-corrected chi connectivity index (χ1v) is 10.6. The maximum Gasteiger partial charge on any atom is 0.337 e. The Hall–Kier alpha value is -4.31. The Labute approximate surface area is 194 Å². The number of anilines is 2. The SMILES string of the molecule is [C-]#[N+]c1cc([C@@H](C)Nc2ccccc2C(=O)O)c2nc(N3CCC(F)(F)CC3)c(C#N)nc2c1. The summed E-state index contributed by atoms with van der Waals surface area (Å²) < 4.78 is 27.3. The highest BCUT2D eigenvalue weighted by molar-refractivity contribution is 5.94. The fourth-order valence-corrected chi connectivity index (χ4v) is 4.00. The average Bonchev–Trinajstić information content (AvgIpc) is 2.82. The highest BCUT2D eigenvalue weighted by Gasteiger charge is 2.35. The molecule has 1 fully saturated rings. The summed E-state index contributed by atoms with van der Waals surface area (Å²) in [6.07, 6.45) is -0.684. The number of nitrogens with one attached hydrogen (secondary N) is 1. The average molecular weight is 462 g/mol. The Morgan fingerprint density at radius 2 is 2.00 bits per heavy atom.